The number of hydrogen-bond acceptors (Lipinski definition) is 2. The summed E-state index contributed by atoms with van der Waals surface area (Å²) in [6.45, 7) is 1.96. The van der Waals surface area contributed by atoms with Gasteiger partial charge in [0.25, 0.3) is 0 Å². The van der Waals surface area contributed by atoms with Gasteiger partial charge in [0, 0.05) is 41.5 Å². The first-order chi connectivity index (χ1) is 11.6. The number of imidazole rings is 1. The van der Waals surface area contributed by atoms with Crippen LogP contribution in [0.15, 0.2) is 48.8 Å². The summed E-state index contributed by atoms with van der Waals surface area (Å²) in [5, 5.41) is 4.44. The van der Waals surface area contributed by atoms with E-state index in [1.165, 1.54) is 6.92 Å². The molecule has 6 heteroatoms. The van der Waals surface area contributed by atoms with Gasteiger partial charge >= 0.3 is 0 Å². The zero-order valence-corrected chi connectivity index (χ0v) is 13.8. The number of aromatic amines is 1. The van der Waals surface area contributed by atoms with Gasteiger partial charge in [0.05, 0.1) is 17.3 Å². The van der Waals surface area contributed by atoms with Crippen molar-refractivity contribution in [1.29, 1.82) is 0 Å². The number of hydrogen-bond donors (Lipinski definition) is 2. The Morgan fingerprint density at radius 1 is 1.33 bits per heavy atom. The number of rotatable bonds is 3. The molecule has 1 amide bonds. The van der Waals surface area contributed by atoms with Crippen LogP contribution in [0, 0.1) is 0 Å². The molecule has 5 nitrogen and oxygen atoms in total. The Labute approximate surface area is 143 Å². The molecule has 120 valence electrons. The van der Waals surface area contributed by atoms with Crippen LogP contribution in [0.5, 0.6) is 0 Å². The van der Waals surface area contributed by atoms with Crippen molar-refractivity contribution in [3.05, 3.63) is 59.5 Å². The molecule has 0 unspecified atom stereocenters. The average molecular weight is 339 g/mol. The molecule has 0 aliphatic heterocycles. The van der Waals surface area contributed by atoms with Crippen LogP contribution >= 0.6 is 11.6 Å². The number of nitrogens with one attached hydrogen (secondary N) is 2. The number of aromatic nitrogens is 3. The van der Waals surface area contributed by atoms with Gasteiger partial charge in [0.2, 0.25) is 5.91 Å². The van der Waals surface area contributed by atoms with E-state index < -0.39 is 0 Å². The Kier molecular flexibility index (Phi) is 3.50. The Morgan fingerprint density at radius 3 is 3.00 bits per heavy atom. The highest BCUT2D eigenvalue weighted by molar-refractivity contribution is 6.34. The van der Waals surface area contributed by atoms with Crippen LogP contribution in [0.2, 0.25) is 5.02 Å². The van der Waals surface area contributed by atoms with Gasteiger partial charge in [0.1, 0.15) is 5.65 Å². The molecule has 2 N–H and O–H groups in total. The summed E-state index contributed by atoms with van der Waals surface area (Å²) in [4.78, 5) is 19.0. The van der Waals surface area contributed by atoms with Crippen LogP contribution in [-0.2, 0) is 11.3 Å². The third-order valence-corrected chi connectivity index (χ3v) is 4.24. The highest BCUT2D eigenvalue weighted by Gasteiger charge is 2.11. The van der Waals surface area contributed by atoms with Crippen LogP contribution in [-0.4, -0.2) is 20.3 Å². The zero-order valence-electron chi connectivity index (χ0n) is 13.0. The standard InChI is InChI=1S/C18H15ClN4O/c1-11(24)20-9-13-6-12-7-15(19)14(8-16(12)21-13)17-10-23-5-3-2-4-18(23)22-17/h2-8,10,21H,9H2,1H3,(H,20,24). The minimum atomic E-state index is -0.0583. The molecule has 0 atom stereocenters. The molecule has 24 heavy (non-hydrogen) atoms. The highest BCUT2D eigenvalue weighted by atomic mass is 35.5. The maximum absolute atomic E-state index is 11.1. The quantitative estimate of drug-likeness (QED) is 0.597. The van der Waals surface area contributed by atoms with Crippen molar-refractivity contribution in [2.45, 2.75) is 13.5 Å². The Balaban J connectivity index is 1.77. The first kappa shape index (κ1) is 14.8. The van der Waals surface area contributed by atoms with Crippen molar-refractivity contribution in [3.63, 3.8) is 0 Å². The molecule has 0 aliphatic carbocycles. The lowest BCUT2D eigenvalue weighted by atomic mass is 10.1. The number of halogens is 1. The number of H-pyrrole nitrogens is 1. The van der Waals surface area contributed by atoms with E-state index in [0.29, 0.717) is 11.6 Å². The van der Waals surface area contributed by atoms with Crippen LogP contribution in [0.4, 0.5) is 0 Å². The van der Waals surface area contributed by atoms with E-state index in [-0.39, 0.29) is 5.91 Å². The average Bonchev–Trinajstić information content (AvgIpc) is 3.14. The lowest BCUT2D eigenvalue weighted by Crippen LogP contribution is -2.18. The molecule has 0 saturated heterocycles. The molecule has 4 aromatic rings. The second kappa shape index (κ2) is 5.69. The number of carbonyl (C=O) groups excluding carboxylic acids is 1. The van der Waals surface area contributed by atoms with Gasteiger partial charge in [-0.3, -0.25) is 4.79 Å². The molecule has 0 radical (unpaired) electrons. The van der Waals surface area contributed by atoms with Crippen molar-refractivity contribution < 1.29 is 4.79 Å². The van der Waals surface area contributed by atoms with Gasteiger partial charge in [-0.2, -0.15) is 0 Å². The van der Waals surface area contributed by atoms with Gasteiger partial charge in [-0.05, 0) is 30.3 Å². The summed E-state index contributed by atoms with van der Waals surface area (Å²) in [7, 11) is 0. The number of nitrogens with zero attached hydrogens (tertiary/aromatic N) is 2. The molecule has 1 aromatic carbocycles. The van der Waals surface area contributed by atoms with E-state index in [9.17, 15) is 4.79 Å². The summed E-state index contributed by atoms with van der Waals surface area (Å²) in [5.74, 6) is -0.0583. The molecule has 4 rings (SSSR count). The SMILES string of the molecule is CC(=O)NCc1cc2cc(Cl)c(-c3cn4ccccc4n3)cc2[nH]1. The number of amides is 1. The van der Waals surface area contributed by atoms with E-state index in [2.05, 4.69) is 15.3 Å². The maximum atomic E-state index is 11.1. The summed E-state index contributed by atoms with van der Waals surface area (Å²) in [6, 6.07) is 11.8. The summed E-state index contributed by atoms with van der Waals surface area (Å²) in [6.07, 6.45) is 3.92. The third-order valence-electron chi connectivity index (χ3n) is 3.93. The minimum absolute atomic E-state index is 0.0583. The van der Waals surface area contributed by atoms with Crippen LogP contribution in [0.3, 0.4) is 0 Å². The molecule has 3 heterocycles. The first-order valence-electron chi connectivity index (χ1n) is 7.60. The number of pyridine rings is 1. The third kappa shape index (κ3) is 2.63. The molecule has 0 aliphatic rings. The molecule has 0 fully saturated rings. The Morgan fingerprint density at radius 2 is 2.21 bits per heavy atom. The lowest BCUT2D eigenvalue weighted by Gasteiger charge is -2.01. The van der Waals surface area contributed by atoms with E-state index >= 15 is 0 Å². The van der Waals surface area contributed by atoms with Crippen molar-refractivity contribution in [2.75, 3.05) is 0 Å². The van der Waals surface area contributed by atoms with Crippen molar-refractivity contribution in [2.24, 2.45) is 0 Å². The monoisotopic (exact) mass is 338 g/mol. The normalized spacial score (nSPS) is 11.2. The molecule has 0 spiro atoms. The van der Waals surface area contributed by atoms with Crippen LogP contribution in [0.1, 0.15) is 12.6 Å². The van der Waals surface area contributed by atoms with Gasteiger partial charge < -0.3 is 14.7 Å². The van der Waals surface area contributed by atoms with Crippen LogP contribution < -0.4 is 5.32 Å². The topological polar surface area (TPSA) is 62.2 Å². The smallest absolute Gasteiger partial charge is 0.217 e. The second-order valence-electron chi connectivity index (χ2n) is 5.72. The highest BCUT2D eigenvalue weighted by Crippen LogP contribution is 2.32. The predicted octanol–water partition coefficient (Wildman–Crippen LogP) is 3.77. The lowest BCUT2D eigenvalue weighted by molar-refractivity contribution is -0.119. The van der Waals surface area contributed by atoms with Gasteiger partial charge in [-0.1, -0.05) is 17.7 Å². The van der Waals surface area contributed by atoms with Crippen molar-refractivity contribution in [1.82, 2.24) is 19.7 Å². The van der Waals surface area contributed by atoms with Gasteiger partial charge in [0.15, 0.2) is 0 Å². The maximum Gasteiger partial charge on any atom is 0.217 e. The van der Waals surface area contributed by atoms with E-state index in [4.69, 9.17) is 11.6 Å². The Bertz CT molecular complexity index is 1030. The summed E-state index contributed by atoms with van der Waals surface area (Å²) in [5.41, 5.74) is 4.48. The Hall–Kier alpha value is -2.79. The van der Waals surface area contributed by atoms with Crippen molar-refractivity contribution >= 4 is 34.1 Å². The predicted molar refractivity (Wildman–Crippen MR) is 95.0 cm³/mol. The summed E-state index contributed by atoms with van der Waals surface area (Å²) >= 11 is 6.47. The van der Waals surface area contributed by atoms with Gasteiger partial charge in [-0.25, -0.2) is 4.98 Å². The number of carbonyl (C=O) groups is 1. The molecular formula is C18H15ClN4O. The molecule has 0 bridgehead atoms. The number of benzene rings is 1. The fourth-order valence-electron chi connectivity index (χ4n) is 2.79. The molecule has 0 saturated carbocycles. The minimum Gasteiger partial charge on any atom is -0.357 e. The molecular weight excluding hydrogens is 324 g/mol. The summed E-state index contributed by atoms with van der Waals surface area (Å²) < 4.78 is 1.97. The zero-order chi connectivity index (χ0) is 16.7. The van der Waals surface area contributed by atoms with Crippen LogP contribution in [0.25, 0.3) is 27.8 Å². The fraction of sp³-hybridized carbons (Fsp3) is 0.111. The fourth-order valence-corrected chi connectivity index (χ4v) is 3.06. The van der Waals surface area contributed by atoms with E-state index in [0.717, 1.165) is 33.5 Å². The van der Waals surface area contributed by atoms with E-state index in [1.54, 1.807) is 0 Å². The van der Waals surface area contributed by atoms with E-state index in [1.807, 2.05) is 53.2 Å². The first-order valence-corrected chi connectivity index (χ1v) is 7.97. The van der Waals surface area contributed by atoms with Crippen molar-refractivity contribution in [3.8, 4) is 11.3 Å². The second-order valence-corrected chi connectivity index (χ2v) is 6.12. The molecule has 3 aromatic heterocycles. The largest absolute Gasteiger partial charge is 0.357 e. The van der Waals surface area contributed by atoms with Gasteiger partial charge in [-0.15, -0.1) is 0 Å². The number of fused-ring (bicyclic) bond motifs is 2.